The average molecular weight is 405 g/mol. The number of hydrogen-bond acceptors (Lipinski definition) is 3. The number of rotatable bonds is 8. The molecule has 0 saturated heterocycles. The molecular formula is C22H33FN4O2. The van der Waals surface area contributed by atoms with Crippen LogP contribution in [0.3, 0.4) is 0 Å². The number of methoxy groups -OCH3 is 1. The molecule has 7 heteroatoms. The van der Waals surface area contributed by atoms with Crippen LogP contribution in [0.2, 0.25) is 0 Å². The second-order valence-corrected chi connectivity index (χ2v) is 8.04. The minimum atomic E-state index is -0.262. The topological polar surface area (TPSA) is 74.8 Å². The van der Waals surface area contributed by atoms with Crippen LogP contribution in [0.1, 0.15) is 56.6 Å². The molecule has 0 spiro atoms. The molecule has 0 bridgehead atoms. The van der Waals surface area contributed by atoms with Crippen molar-refractivity contribution in [3.8, 4) is 0 Å². The third-order valence-electron chi connectivity index (χ3n) is 5.48. The lowest BCUT2D eigenvalue weighted by Crippen LogP contribution is -2.47. The summed E-state index contributed by atoms with van der Waals surface area (Å²) >= 11 is 0. The van der Waals surface area contributed by atoms with Gasteiger partial charge in [0.15, 0.2) is 5.96 Å². The molecule has 1 aromatic carbocycles. The number of ether oxygens (including phenoxy) is 1. The lowest BCUT2D eigenvalue weighted by atomic mass is 9.85. The zero-order valence-electron chi connectivity index (χ0n) is 17.5. The molecule has 1 amide bonds. The molecule has 2 fully saturated rings. The fourth-order valence-corrected chi connectivity index (χ4v) is 3.78. The van der Waals surface area contributed by atoms with Gasteiger partial charge in [0.2, 0.25) is 5.91 Å². The maximum Gasteiger partial charge on any atom is 0.223 e. The standard InChI is InChI=1S/C22H33FN4O2/c1-3-24-22(25-13-15-7-10-20(23)17(11-15)14-29-2)27-19-6-4-5-16(12-19)21(28)26-18-8-9-18/h7,10-11,16,18-19H,3-6,8-9,12-14H2,1-2H3,(H,26,28)(H2,24,25,27). The number of carbonyl (C=O) groups is 1. The first-order valence-electron chi connectivity index (χ1n) is 10.7. The summed E-state index contributed by atoms with van der Waals surface area (Å²) in [5.41, 5.74) is 1.47. The van der Waals surface area contributed by atoms with Crippen molar-refractivity contribution in [2.24, 2.45) is 10.9 Å². The molecule has 3 rings (SSSR count). The second kappa shape index (κ2) is 10.6. The summed E-state index contributed by atoms with van der Waals surface area (Å²) in [6, 6.07) is 5.65. The highest BCUT2D eigenvalue weighted by Crippen LogP contribution is 2.26. The van der Waals surface area contributed by atoms with Crippen molar-refractivity contribution in [1.82, 2.24) is 16.0 Å². The van der Waals surface area contributed by atoms with Crippen LogP contribution in [-0.2, 0) is 22.7 Å². The summed E-state index contributed by atoms with van der Waals surface area (Å²) in [5, 5.41) is 9.91. The zero-order chi connectivity index (χ0) is 20.6. The minimum Gasteiger partial charge on any atom is -0.380 e. The molecule has 2 atom stereocenters. The molecule has 2 saturated carbocycles. The molecule has 6 nitrogen and oxygen atoms in total. The van der Waals surface area contributed by atoms with E-state index in [0.29, 0.717) is 18.2 Å². The van der Waals surface area contributed by atoms with Crippen LogP contribution in [0.4, 0.5) is 4.39 Å². The Kier molecular flexibility index (Phi) is 7.86. The predicted octanol–water partition coefficient (Wildman–Crippen LogP) is 2.86. The number of aliphatic imine (C=N–C) groups is 1. The number of halogens is 1. The first-order valence-corrected chi connectivity index (χ1v) is 10.7. The Labute approximate surface area is 172 Å². The van der Waals surface area contributed by atoms with Gasteiger partial charge < -0.3 is 20.7 Å². The molecular weight excluding hydrogens is 371 g/mol. The molecule has 0 aromatic heterocycles. The van der Waals surface area contributed by atoms with Gasteiger partial charge in [-0.3, -0.25) is 4.79 Å². The highest BCUT2D eigenvalue weighted by atomic mass is 19.1. The SMILES string of the molecule is CCNC(=NCc1ccc(F)c(COC)c1)NC1CCCC(C(=O)NC2CC2)C1. The number of carbonyl (C=O) groups excluding carboxylic acids is 1. The Morgan fingerprint density at radius 2 is 2.03 bits per heavy atom. The van der Waals surface area contributed by atoms with Crippen molar-refractivity contribution >= 4 is 11.9 Å². The lowest BCUT2D eigenvalue weighted by molar-refractivity contribution is -0.126. The van der Waals surface area contributed by atoms with Gasteiger partial charge in [0.1, 0.15) is 5.82 Å². The van der Waals surface area contributed by atoms with Crippen molar-refractivity contribution in [1.29, 1.82) is 0 Å². The van der Waals surface area contributed by atoms with E-state index in [0.717, 1.165) is 56.6 Å². The van der Waals surface area contributed by atoms with E-state index in [2.05, 4.69) is 20.9 Å². The quantitative estimate of drug-likeness (QED) is 0.460. The van der Waals surface area contributed by atoms with Crippen LogP contribution < -0.4 is 16.0 Å². The van der Waals surface area contributed by atoms with Gasteiger partial charge >= 0.3 is 0 Å². The van der Waals surface area contributed by atoms with Gasteiger partial charge in [-0.15, -0.1) is 0 Å². The normalized spacial score (nSPS) is 22.2. The number of nitrogens with zero attached hydrogens (tertiary/aromatic N) is 1. The first-order chi connectivity index (χ1) is 14.1. The van der Waals surface area contributed by atoms with Gasteiger partial charge in [0, 0.05) is 37.2 Å². The van der Waals surface area contributed by atoms with Crippen molar-refractivity contribution in [3.63, 3.8) is 0 Å². The van der Waals surface area contributed by atoms with Gasteiger partial charge in [-0.25, -0.2) is 9.38 Å². The summed E-state index contributed by atoms with van der Waals surface area (Å²) in [5.74, 6) is 0.761. The molecule has 0 aliphatic heterocycles. The summed E-state index contributed by atoms with van der Waals surface area (Å²) in [6.45, 7) is 3.47. The fraction of sp³-hybridized carbons (Fsp3) is 0.636. The van der Waals surface area contributed by atoms with Gasteiger partial charge in [0.25, 0.3) is 0 Å². The van der Waals surface area contributed by atoms with Crippen LogP contribution in [0.15, 0.2) is 23.2 Å². The number of guanidine groups is 1. The second-order valence-electron chi connectivity index (χ2n) is 8.04. The van der Waals surface area contributed by atoms with Gasteiger partial charge in [-0.05, 0) is 56.7 Å². The van der Waals surface area contributed by atoms with E-state index in [4.69, 9.17) is 4.74 Å². The highest BCUT2D eigenvalue weighted by Gasteiger charge is 2.31. The van der Waals surface area contributed by atoms with Crippen molar-refractivity contribution < 1.29 is 13.9 Å². The van der Waals surface area contributed by atoms with Crippen LogP contribution in [0, 0.1) is 11.7 Å². The summed E-state index contributed by atoms with van der Waals surface area (Å²) < 4.78 is 18.8. The summed E-state index contributed by atoms with van der Waals surface area (Å²) in [4.78, 5) is 17.1. The van der Waals surface area contributed by atoms with Crippen LogP contribution in [0.25, 0.3) is 0 Å². The monoisotopic (exact) mass is 404 g/mol. The summed E-state index contributed by atoms with van der Waals surface area (Å²) in [6.07, 6.45) is 6.10. The van der Waals surface area contributed by atoms with E-state index in [1.807, 2.05) is 6.92 Å². The molecule has 0 heterocycles. The van der Waals surface area contributed by atoms with E-state index in [1.54, 1.807) is 19.2 Å². The van der Waals surface area contributed by atoms with Crippen molar-refractivity contribution in [2.75, 3.05) is 13.7 Å². The number of amides is 1. The predicted molar refractivity (Wildman–Crippen MR) is 112 cm³/mol. The molecule has 2 aliphatic carbocycles. The third-order valence-corrected chi connectivity index (χ3v) is 5.48. The van der Waals surface area contributed by atoms with E-state index < -0.39 is 0 Å². The minimum absolute atomic E-state index is 0.0819. The molecule has 1 aromatic rings. The van der Waals surface area contributed by atoms with E-state index >= 15 is 0 Å². The van der Waals surface area contributed by atoms with E-state index in [1.165, 1.54) is 6.07 Å². The Bertz CT molecular complexity index is 721. The zero-order valence-corrected chi connectivity index (χ0v) is 17.5. The van der Waals surface area contributed by atoms with Crippen molar-refractivity contribution in [2.45, 2.75) is 70.7 Å². The molecule has 3 N–H and O–H groups in total. The van der Waals surface area contributed by atoms with Crippen LogP contribution in [-0.4, -0.2) is 37.6 Å². The Balaban J connectivity index is 1.58. The van der Waals surface area contributed by atoms with Crippen LogP contribution in [0.5, 0.6) is 0 Å². The molecule has 2 aliphatic rings. The maximum atomic E-state index is 13.8. The Hall–Kier alpha value is -2.15. The molecule has 29 heavy (non-hydrogen) atoms. The molecule has 160 valence electrons. The molecule has 0 radical (unpaired) electrons. The van der Waals surface area contributed by atoms with E-state index in [9.17, 15) is 9.18 Å². The number of nitrogens with one attached hydrogen (secondary N) is 3. The largest absolute Gasteiger partial charge is 0.380 e. The van der Waals surface area contributed by atoms with Gasteiger partial charge in [-0.2, -0.15) is 0 Å². The number of benzene rings is 1. The van der Waals surface area contributed by atoms with Gasteiger partial charge in [-0.1, -0.05) is 12.5 Å². The number of hydrogen-bond donors (Lipinski definition) is 3. The van der Waals surface area contributed by atoms with Crippen molar-refractivity contribution in [3.05, 3.63) is 35.1 Å². The Morgan fingerprint density at radius 3 is 2.76 bits per heavy atom. The van der Waals surface area contributed by atoms with Crippen LogP contribution >= 0.6 is 0 Å². The smallest absolute Gasteiger partial charge is 0.223 e. The third kappa shape index (κ3) is 6.70. The first kappa shape index (κ1) is 21.6. The maximum absolute atomic E-state index is 13.8. The average Bonchev–Trinajstić information content (AvgIpc) is 3.53. The Morgan fingerprint density at radius 1 is 1.21 bits per heavy atom. The summed E-state index contributed by atoms with van der Waals surface area (Å²) in [7, 11) is 1.56. The lowest BCUT2D eigenvalue weighted by Gasteiger charge is -2.30. The van der Waals surface area contributed by atoms with E-state index in [-0.39, 0.29) is 30.3 Å². The highest BCUT2D eigenvalue weighted by molar-refractivity contribution is 5.81. The molecule has 2 unspecified atom stereocenters. The van der Waals surface area contributed by atoms with Gasteiger partial charge in [0.05, 0.1) is 13.2 Å². The fourth-order valence-electron chi connectivity index (χ4n) is 3.78.